The van der Waals surface area contributed by atoms with Crippen molar-refractivity contribution in [2.45, 2.75) is 12.6 Å². The molecular weight excluding hydrogens is 378 g/mol. The Hall–Kier alpha value is -2.02. The predicted molar refractivity (Wildman–Crippen MR) is 102 cm³/mol. The second kappa shape index (κ2) is 7.47. The van der Waals surface area contributed by atoms with Gasteiger partial charge < -0.3 is 10.3 Å². The number of imidazole rings is 1. The minimum absolute atomic E-state index is 0.321. The van der Waals surface area contributed by atoms with Gasteiger partial charge in [-0.3, -0.25) is 9.88 Å². The maximum atomic E-state index is 4.60. The molecule has 1 unspecified atom stereocenters. The fourth-order valence-electron chi connectivity index (χ4n) is 3.28. The molecule has 25 heavy (non-hydrogen) atoms. The maximum Gasteiger partial charge on any atom is 0.120 e. The van der Waals surface area contributed by atoms with Gasteiger partial charge in [0.1, 0.15) is 5.82 Å². The summed E-state index contributed by atoms with van der Waals surface area (Å²) < 4.78 is 1.07. The van der Waals surface area contributed by atoms with E-state index in [2.05, 4.69) is 59.3 Å². The molecule has 2 aromatic heterocycles. The van der Waals surface area contributed by atoms with Gasteiger partial charge in [-0.2, -0.15) is 0 Å². The molecule has 0 aliphatic carbocycles. The first-order valence-corrected chi connectivity index (χ1v) is 9.23. The van der Waals surface area contributed by atoms with Crippen LogP contribution in [0.5, 0.6) is 0 Å². The number of benzene rings is 1. The second-order valence-corrected chi connectivity index (χ2v) is 7.15. The lowest BCUT2D eigenvalue weighted by atomic mass is 10.1. The lowest BCUT2D eigenvalue weighted by Crippen LogP contribution is -2.45. The molecule has 0 radical (unpaired) electrons. The highest BCUT2D eigenvalue weighted by Crippen LogP contribution is 2.25. The number of aromatic nitrogens is 3. The second-order valence-electron chi connectivity index (χ2n) is 6.23. The molecule has 0 saturated carbocycles. The van der Waals surface area contributed by atoms with Crippen LogP contribution in [0.4, 0.5) is 0 Å². The molecule has 6 heteroatoms. The quantitative estimate of drug-likeness (QED) is 0.708. The van der Waals surface area contributed by atoms with Crippen molar-refractivity contribution >= 4 is 15.9 Å². The smallest absolute Gasteiger partial charge is 0.120 e. The van der Waals surface area contributed by atoms with Crippen LogP contribution >= 0.6 is 15.9 Å². The summed E-state index contributed by atoms with van der Waals surface area (Å²) in [5.41, 5.74) is 3.43. The number of nitrogens with zero attached hydrogens (tertiary/aromatic N) is 3. The molecule has 0 amide bonds. The molecular formula is C19H20BrN5. The van der Waals surface area contributed by atoms with Gasteiger partial charge in [0.25, 0.3) is 0 Å². The number of H-pyrrole nitrogens is 1. The van der Waals surface area contributed by atoms with Crippen molar-refractivity contribution in [3.8, 4) is 11.3 Å². The minimum Gasteiger partial charge on any atom is -0.341 e. The van der Waals surface area contributed by atoms with E-state index >= 15 is 0 Å². The average molecular weight is 398 g/mol. The van der Waals surface area contributed by atoms with Crippen molar-refractivity contribution in [2.24, 2.45) is 0 Å². The molecule has 128 valence electrons. The number of pyridine rings is 1. The monoisotopic (exact) mass is 397 g/mol. The van der Waals surface area contributed by atoms with E-state index in [4.69, 9.17) is 0 Å². The fourth-order valence-corrected chi connectivity index (χ4v) is 3.67. The van der Waals surface area contributed by atoms with Crippen LogP contribution in [0.15, 0.2) is 59.5 Å². The molecule has 1 atom stereocenters. The van der Waals surface area contributed by atoms with E-state index in [9.17, 15) is 0 Å². The van der Waals surface area contributed by atoms with Gasteiger partial charge in [-0.1, -0.05) is 34.1 Å². The van der Waals surface area contributed by atoms with Crippen LogP contribution in [0.3, 0.4) is 0 Å². The molecule has 1 saturated heterocycles. The number of hydrogen-bond donors (Lipinski definition) is 2. The van der Waals surface area contributed by atoms with Crippen LogP contribution in [0.1, 0.15) is 17.4 Å². The van der Waals surface area contributed by atoms with Crippen molar-refractivity contribution in [1.29, 1.82) is 0 Å². The first-order chi connectivity index (χ1) is 12.3. The Balaban J connectivity index is 1.53. The van der Waals surface area contributed by atoms with E-state index in [-0.39, 0.29) is 0 Å². The van der Waals surface area contributed by atoms with E-state index in [1.54, 1.807) is 0 Å². The van der Waals surface area contributed by atoms with Crippen LogP contribution in [-0.4, -0.2) is 39.5 Å². The summed E-state index contributed by atoms with van der Waals surface area (Å²) in [6.45, 7) is 3.72. The maximum absolute atomic E-state index is 4.60. The molecule has 1 aliphatic heterocycles. The Morgan fingerprint density at radius 1 is 1.20 bits per heavy atom. The molecule has 1 aliphatic rings. The molecule has 2 N–H and O–H groups in total. The summed E-state index contributed by atoms with van der Waals surface area (Å²) in [6, 6.07) is 12.7. The van der Waals surface area contributed by atoms with Gasteiger partial charge in [-0.15, -0.1) is 0 Å². The zero-order valence-corrected chi connectivity index (χ0v) is 15.4. The molecule has 0 spiro atoms. The van der Waals surface area contributed by atoms with Gasteiger partial charge in [0.2, 0.25) is 0 Å². The highest BCUT2D eigenvalue weighted by molar-refractivity contribution is 9.10. The average Bonchev–Trinajstić information content (AvgIpc) is 3.12. The minimum atomic E-state index is 0.321. The Morgan fingerprint density at radius 2 is 2.16 bits per heavy atom. The largest absolute Gasteiger partial charge is 0.341 e. The van der Waals surface area contributed by atoms with Crippen molar-refractivity contribution in [2.75, 3.05) is 19.6 Å². The van der Waals surface area contributed by atoms with Gasteiger partial charge in [0, 0.05) is 48.1 Å². The van der Waals surface area contributed by atoms with Crippen molar-refractivity contribution < 1.29 is 0 Å². The zero-order valence-electron chi connectivity index (χ0n) is 13.8. The summed E-state index contributed by atoms with van der Waals surface area (Å²) in [7, 11) is 0. The summed E-state index contributed by atoms with van der Waals surface area (Å²) in [5.74, 6) is 0.991. The SMILES string of the molecule is Brc1cccc(-c2cnc(CN3CCNCC3c3cccnc3)[nH]2)c1. The van der Waals surface area contributed by atoms with E-state index < -0.39 is 0 Å². The lowest BCUT2D eigenvalue weighted by molar-refractivity contribution is 0.150. The normalized spacial score (nSPS) is 18.4. The Kier molecular flexibility index (Phi) is 4.92. The summed E-state index contributed by atoms with van der Waals surface area (Å²) >= 11 is 3.52. The molecule has 1 fully saturated rings. The Labute approximate surface area is 155 Å². The first kappa shape index (κ1) is 16.4. The number of halogens is 1. The molecule has 3 heterocycles. The van der Waals surface area contributed by atoms with Crippen molar-refractivity contribution in [3.05, 3.63) is 70.8 Å². The van der Waals surface area contributed by atoms with Crippen molar-refractivity contribution in [1.82, 2.24) is 25.2 Å². The predicted octanol–water partition coefficient (Wildman–Crippen LogP) is 3.38. The van der Waals surface area contributed by atoms with E-state index in [1.807, 2.05) is 36.8 Å². The van der Waals surface area contributed by atoms with Gasteiger partial charge in [-0.25, -0.2) is 4.98 Å². The van der Waals surface area contributed by atoms with Crippen LogP contribution < -0.4 is 5.32 Å². The number of rotatable bonds is 4. The Bertz CT molecular complexity index is 833. The molecule has 5 nitrogen and oxygen atoms in total. The number of piperazine rings is 1. The number of aromatic amines is 1. The highest BCUT2D eigenvalue weighted by atomic mass is 79.9. The van der Waals surface area contributed by atoms with Crippen LogP contribution in [0.2, 0.25) is 0 Å². The molecule has 4 rings (SSSR count). The Morgan fingerprint density at radius 3 is 3.00 bits per heavy atom. The molecule has 3 aromatic rings. The standard InChI is InChI=1S/C19H20BrN5/c20-16-5-1-3-14(9-16)17-11-23-19(24-17)13-25-8-7-22-12-18(25)15-4-2-6-21-10-15/h1-6,9-11,18,22H,7-8,12-13H2,(H,23,24). The van der Waals surface area contributed by atoms with Crippen LogP contribution in [0, 0.1) is 0 Å². The third kappa shape index (κ3) is 3.81. The third-order valence-electron chi connectivity index (χ3n) is 4.54. The summed E-state index contributed by atoms with van der Waals surface area (Å²) in [4.78, 5) is 14.8. The van der Waals surface area contributed by atoms with E-state index in [0.717, 1.165) is 47.7 Å². The van der Waals surface area contributed by atoms with Crippen LogP contribution in [0.25, 0.3) is 11.3 Å². The van der Waals surface area contributed by atoms with Gasteiger partial charge in [0.05, 0.1) is 18.4 Å². The lowest BCUT2D eigenvalue weighted by Gasteiger charge is -2.35. The topological polar surface area (TPSA) is 56.8 Å². The highest BCUT2D eigenvalue weighted by Gasteiger charge is 2.24. The van der Waals surface area contributed by atoms with Gasteiger partial charge in [-0.05, 0) is 23.8 Å². The molecule has 0 bridgehead atoms. The third-order valence-corrected chi connectivity index (χ3v) is 5.03. The van der Waals surface area contributed by atoms with E-state index in [0.29, 0.717) is 6.04 Å². The zero-order chi connectivity index (χ0) is 17.1. The fraction of sp³-hybridized carbons (Fsp3) is 0.263. The first-order valence-electron chi connectivity index (χ1n) is 8.44. The number of nitrogens with one attached hydrogen (secondary N) is 2. The summed E-state index contributed by atoms with van der Waals surface area (Å²) in [5, 5.41) is 3.48. The van der Waals surface area contributed by atoms with Crippen LogP contribution in [-0.2, 0) is 6.54 Å². The van der Waals surface area contributed by atoms with E-state index in [1.165, 1.54) is 5.56 Å². The van der Waals surface area contributed by atoms with Gasteiger partial charge >= 0.3 is 0 Å². The summed E-state index contributed by atoms with van der Waals surface area (Å²) in [6.07, 6.45) is 5.69. The molecule has 1 aromatic carbocycles. The van der Waals surface area contributed by atoms with Crippen molar-refractivity contribution in [3.63, 3.8) is 0 Å². The number of hydrogen-bond acceptors (Lipinski definition) is 4. The van der Waals surface area contributed by atoms with Gasteiger partial charge in [0.15, 0.2) is 0 Å².